The Morgan fingerprint density at radius 2 is 2.11 bits per heavy atom. The Morgan fingerprint density at radius 3 is 2.68 bits per heavy atom. The number of nitrogens with zero attached hydrogens (tertiary/aromatic N) is 2. The van der Waals surface area contributed by atoms with Gasteiger partial charge in [0.05, 0.1) is 17.6 Å². The number of ether oxygens (including phenoxy) is 1. The smallest absolute Gasteiger partial charge is 0.230 e. The minimum absolute atomic E-state index is 0.512. The van der Waals surface area contributed by atoms with Gasteiger partial charge < -0.3 is 20.1 Å². The summed E-state index contributed by atoms with van der Waals surface area (Å²) in [7, 11) is 5.58. The standard InChI is InChI=1S/C13H23N3O2S/c1-16(2)12-15-11(18-3)10(19-12)8-14-9-13(17)6-4-5-7-13/h14,17H,4-9H2,1-3H3. The summed E-state index contributed by atoms with van der Waals surface area (Å²) >= 11 is 1.62. The molecule has 0 radical (unpaired) electrons. The van der Waals surface area contributed by atoms with Crippen molar-refractivity contribution in [2.24, 2.45) is 0 Å². The third-order valence-electron chi connectivity index (χ3n) is 3.50. The van der Waals surface area contributed by atoms with Gasteiger partial charge in [0.25, 0.3) is 0 Å². The fourth-order valence-corrected chi connectivity index (χ4v) is 3.33. The molecule has 0 aromatic carbocycles. The van der Waals surface area contributed by atoms with Crippen LogP contribution in [-0.4, -0.2) is 43.4 Å². The average molecular weight is 285 g/mol. The van der Waals surface area contributed by atoms with E-state index in [1.807, 2.05) is 19.0 Å². The molecule has 2 N–H and O–H groups in total. The summed E-state index contributed by atoms with van der Waals surface area (Å²) in [5.74, 6) is 0.680. The van der Waals surface area contributed by atoms with Gasteiger partial charge in [0.15, 0.2) is 5.13 Å². The van der Waals surface area contributed by atoms with Crippen molar-refractivity contribution in [2.45, 2.75) is 37.8 Å². The van der Waals surface area contributed by atoms with Crippen molar-refractivity contribution < 1.29 is 9.84 Å². The zero-order valence-electron chi connectivity index (χ0n) is 11.9. The largest absolute Gasteiger partial charge is 0.480 e. The van der Waals surface area contributed by atoms with Crippen LogP contribution in [0.1, 0.15) is 30.6 Å². The molecule has 0 unspecified atom stereocenters. The monoisotopic (exact) mass is 285 g/mol. The first-order valence-corrected chi connectivity index (χ1v) is 7.50. The lowest BCUT2D eigenvalue weighted by molar-refractivity contribution is 0.0475. The van der Waals surface area contributed by atoms with Crippen molar-refractivity contribution >= 4 is 16.5 Å². The molecule has 1 saturated carbocycles. The highest BCUT2D eigenvalue weighted by Gasteiger charge is 2.30. The van der Waals surface area contributed by atoms with Crippen molar-refractivity contribution in [2.75, 3.05) is 32.6 Å². The molecule has 0 saturated heterocycles. The maximum atomic E-state index is 10.3. The van der Waals surface area contributed by atoms with Gasteiger partial charge in [-0.2, -0.15) is 4.98 Å². The number of hydrogen-bond donors (Lipinski definition) is 2. The molecule has 1 aliphatic carbocycles. The zero-order valence-corrected chi connectivity index (χ0v) is 12.7. The normalized spacial score (nSPS) is 17.7. The van der Waals surface area contributed by atoms with Gasteiger partial charge in [0, 0.05) is 27.2 Å². The van der Waals surface area contributed by atoms with Crippen LogP contribution in [0.3, 0.4) is 0 Å². The number of aromatic nitrogens is 1. The molecule has 0 atom stereocenters. The molecule has 1 heterocycles. The van der Waals surface area contributed by atoms with Crippen LogP contribution in [0, 0.1) is 0 Å². The predicted molar refractivity (Wildman–Crippen MR) is 78.1 cm³/mol. The highest BCUT2D eigenvalue weighted by atomic mass is 32.1. The Kier molecular flexibility index (Phi) is 4.65. The lowest BCUT2D eigenvalue weighted by Crippen LogP contribution is -2.37. The molecule has 0 aliphatic heterocycles. The molecule has 1 aromatic heterocycles. The Hall–Kier alpha value is -0.850. The summed E-state index contributed by atoms with van der Waals surface area (Å²) in [6, 6.07) is 0. The van der Waals surface area contributed by atoms with Gasteiger partial charge in [-0.1, -0.05) is 24.2 Å². The SMILES string of the molecule is COc1nc(N(C)C)sc1CNCC1(O)CCCC1. The summed E-state index contributed by atoms with van der Waals surface area (Å²) in [6.07, 6.45) is 4.07. The quantitative estimate of drug-likeness (QED) is 0.831. The van der Waals surface area contributed by atoms with E-state index in [-0.39, 0.29) is 0 Å². The second-order valence-corrected chi connectivity index (χ2v) is 6.42. The molecule has 0 amide bonds. The highest BCUT2D eigenvalue weighted by molar-refractivity contribution is 7.15. The van der Waals surface area contributed by atoms with E-state index in [0.717, 1.165) is 35.7 Å². The van der Waals surface area contributed by atoms with Crippen LogP contribution in [0.4, 0.5) is 5.13 Å². The van der Waals surface area contributed by atoms with Crippen LogP contribution in [0.15, 0.2) is 0 Å². The van der Waals surface area contributed by atoms with Gasteiger partial charge in [0.1, 0.15) is 0 Å². The van der Waals surface area contributed by atoms with Crippen molar-refractivity contribution in [3.63, 3.8) is 0 Å². The van der Waals surface area contributed by atoms with E-state index in [4.69, 9.17) is 4.74 Å². The van der Waals surface area contributed by atoms with E-state index in [9.17, 15) is 5.11 Å². The molecular formula is C13H23N3O2S. The third kappa shape index (κ3) is 3.58. The van der Waals surface area contributed by atoms with Crippen LogP contribution in [0.25, 0.3) is 0 Å². The molecule has 6 heteroatoms. The van der Waals surface area contributed by atoms with Crippen LogP contribution in [0.5, 0.6) is 5.88 Å². The topological polar surface area (TPSA) is 57.6 Å². The average Bonchev–Trinajstić information content (AvgIpc) is 2.96. The second kappa shape index (κ2) is 6.07. The first kappa shape index (κ1) is 14.6. The number of hydrogen-bond acceptors (Lipinski definition) is 6. The maximum Gasteiger partial charge on any atom is 0.230 e. The van der Waals surface area contributed by atoms with Gasteiger partial charge in [-0.25, -0.2) is 0 Å². The molecule has 0 spiro atoms. The zero-order chi connectivity index (χ0) is 13.9. The minimum Gasteiger partial charge on any atom is -0.480 e. The fourth-order valence-electron chi connectivity index (χ4n) is 2.41. The summed E-state index contributed by atoms with van der Waals surface area (Å²) in [4.78, 5) is 7.47. The van der Waals surface area contributed by atoms with Gasteiger partial charge >= 0.3 is 0 Å². The summed E-state index contributed by atoms with van der Waals surface area (Å²) in [5, 5.41) is 14.5. The fraction of sp³-hybridized carbons (Fsp3) is 0.769. The van der Waals surface area contributed by atoms with Crippen molar-refractivity contribution in [3.05, 3.63) is 4.88 Å². The minimum atomic E-state index is -0.512. The third-order valence-corrected chi connectivity index (χ3v) is 4.70. The Labute approximate surface area is 118 Å². The number of methoxy groups -OCH3 is 1. The molecular weight excluding hydrogens is 262 g/mol. The summed E-state index contributed by atoms with van der Waals surface area (Å²) in [5.41, 5.74) is -0.512. The molecule has 19 heavy (non-hydrogen) atoms. The molecule has 0 bridgehead atoms. The van der Waals surface area contributed by atoms with Gasteiger partial charge in [-0.15, -0.1) is 0 Å². The Bertz CT molecular complexity index is 414. The number of rotatable bonds is 6. The van der Waals surface area contributed by atoms with Crippen molar-refractivity contribution in [3.8, 4) is 5.88 Å². The van der Waals surface area contributed by atoms with E-state index in [2.05, 4.69) is 10.3 Å². The Balaban J connectivity index is 1.91. The first-order chi connectivity index (χ1) is 9.04. The lowest BCUT2D eigenvalue weighted by Gasteiger charge is -2.22. The molecule has 1 aromatic rings. The van der Waals surface area contributed by atoms with Crippen LogP contribution in [0.2, 0.25) is 0 Å². The van der Waals surface area contributed by atoms with E-state index in [0.29, 0.717) is 19.0 Å². The van der Waals surface area contributed by atoms with E-state index in [1.54, 1.807) is 18.4 Å². The van der Waals surface area contributed by atoms with Crippen LogP contribution < -0.4 is 15.0 Å². The first-order valence-electron chi connectivity index (χ1n) is 6.68. The number of nitrogens with one attached hydrogen (secondary N) is 1. The summed E-state index contributed by atoms with van der Waals surface area (Å²) < 4.78 is 5.29. The van der Waals surface area contributed by atoms with E-state index < -0.39 is 5.60 Å². The van der Waals surface area contributed by atoms with Crippen LogP contribution in [-0.2, 0) is 6.54 Å². The summed E-state index contributed by atoms with van der Waals surface area (Å²) in [6.45, 7) is 1.34. The molecule has 1 aliphatic rings. The molecule has 108 valence electrons. The van der Waals surface area contributed by atoms with Crippen molar-refractivity contribution in [1.29, 1.82) is 0 Å². The van der Waals surface area contributed by atoms with Gasteiger partial charge in [0.2, 0.25) is 5.88 Å². The molecule has 1 fully saturated rings. The lowest BCUT2D eigenvalue weighted by atomic mass is 10.0. The van der Waals surface area contributed by atoms with Crippen molar-refractivity contribution in [1.82, 2.24) is 10.3 Å². The molecule has 2 rings (SSSR count). The Morgan fingerprint density at radius 1 is 1.42 bits per heavy atom. The number of thiazole rings is 1. The second-order valence-electron chi connectivity index (χ2n) is 5.36. The highest BCUT2D eigenvalue weighted by Crippen LogP contribution is 2.31. The van der Waals surface area contributed by atoms with Gasteiger partial charge in [-0.3, -0.25) is 0 Å². The number of anilines is 1. The van der Waals surface area contributed by atoms with Crippen LogP contribution >= 0.6 is 11.3 Å². The van der Waals surface area contributed by atoms with Gasteiger partial charge in [-0.05, 0) is 12.8 Å². The predicted octanol–water partition coefficient (Wildman–Crippen LogP) is 1.61. The van der Waals surface area contributed by atoms with E-state index >= 15 is 0 Å². The molecule has 5 nitrogen and oxygen atoms in total. The maximum absolute atomic E-state index is 10.3. The van der Waals surface area contributed by atoms with E-state index in [1.165, 1.54) is 0 Å². The number of aliphatic hydroxyl groups is 1.